The van der Waals surface area contributed by atoms with Crippen LogP contribution in [0.4, 0.5) is 5.82 Å². The fourth-order valence-electron chi connectivity index (χ4n) is 4.08. The number of phosphoric acid groups is 1. The monoisotopic (exact) mass is 495 g/mol. The summed E-state index contributed by atoms with van der Waals surface area (Å²) in [6, 6.07) is 7.14. The molecule has 2 aliphatic heterocycles. The number of benzene rings is 1. The van der Waals surface area contributed by atoms with Gasteiger partial charge >= 0.3 is 7.82 Å². The van der Waals surface area contributed by atoms with Crippen molar-refractivity contribution in [2.75, 3.05) is 18.9 Å². The number of hydrogen-bond donors (Lipinski definition) is 2. The van der Waals surface area contributed by atoms with Crippen LogP contribution in [0.2, 0.25) is 5.02 Å². The maximum Gasteiger partial charge on any atom is 0.475 e. The van der Waals surface area contributed by atoms with Gasteiger partial charge in [-0.3, -0.25) is 18.1 Å². The first-order valence-electron chi connectivity index (χ1n) is 10.4. The van der Waals surface area contributed by atoms with Gasteiger partial charge in [0.05, 0.1) is 31.7 Å². The van der Waals surface area contributed by atoms with Crippen LogP contribution in [0.15, 0.2) is 36.9 Å². The Morgan fingerprint density at radius 3 is 3.03 bits per heavy atom. The van der Waals surface area contributed by atoms with Gasteiger partial charge in [0.25, 0.3) is 0 Å². The van der Waals surface area contributed by atoms with Crippen molar-refractivity contribution >= 4 is 36.4 Å². The molecule has 0 radical (unpaired) electrons. The largest absolute Gasteiger partial charge is 0.475 e. The van der Waals surface area contributed by atoms with Crippen molar-refractivity contribution < 1.29 is 28.0 Å². The molecule has 13 heteroatoms. The zero-order valence-corrected chi connectivity index (χ0v) is 19.3. The molecular weight excluding hydrogens is 473 g/mol. The summed E-state index contributed by atoms with van der Waals surface area (Å²) >= 11 is 6.06. The zero-order chi connectivity index (χ0) is 23.2. The van der Waals surface area contributed by atoms with Crippen LogP contribution in [0.3, 0.4) is 0 Å². The van der Waals surface area contributed by atoms with E-state index in [-0.39, 0.29) is 24.9 Å². The number of nitrogens with two attached hydrogens (primary N) is 1. The van der Waals surface area contributed by atoms with Gasteiger partial charge in [-0.05, 0) is 17.7 Å². The molecule has 0 amide bonds. The molecule has 11 nitrogen and oxygen atoms in total. The van der Waals surface area contributed by atoms with Crippen LogP contribution in [0.1, 0.15) is 31.2 Å². The van der Waals surface area contributed by atoms with Gasteiger partial charge in [0, 0.05) is 17.4 Å². The quantitative estimate of drug-likeness (QED) is 0.506. The Kier molecular flexibility index (Phi) is 6.13. The van der Waals surface area contributed by atoms with E-state index in [9.17, 15) is 9.67 Å². The number of ether oxygens (including phenoxy) is 1. The highest BCUT2D eigenvalue weighted by Gasteiger charge is 2.45. The van der Waals surface area contributed by atoms with Crippen LogP contribution in [-0.4, -0.2) is 50.0 Å². The number of anilines is 1. The van der Waals surface area contributed by atoms with E-state index < -0.39 is 32.4 Å². The third kappa shape index (κ3) is 4.38. The molecule has 0 saturated carbocycles. The van der Waals surface area contributed by atoms with E-state index in [0.29, 0.717) is 22.6 Å². The highest BCUT2D eigenvalue weighted by molar-refractivity contribution is 7.48. The van der Waals surface area contributed by atoms with Gasteiger partial charge in [0.2, 0.25) is 0 Å². The third-order valence-corrected chi connectivity index (χ3v) is 7.56. The van der Waals surface area contributed by atoms with Gasteiger partial charge in [-0.15, -0.1) is 0 Å². The molecule has 2 aliphatic rings. The number of aliphatic hydroxyl groups excluding tert-OH is 1. The summed E-state index contributed by atoms with van der Waals surface area (Å²) in [5.74, 6) is -0.0793. The van der Waals surface area contributed by atoms with Gasteiger partial charge in [0.15, 0.2) is 11.5 Å². The minimum atomic E-state index is -3.86. The molecule has 4 heterocycles. The Morgan fingerprint density at radius 1 is 1.36 bits per heavy atom. The SMILES string of the molecule is C[C@H]1[C@H](O)[C@@H](COP2(=O)OCCC(c3cccc(Cl)c3)O2)O[C@H]1n1cnc2c(N)ncnc21. The summed E-state index contributed by atoms with van der Waals surface area (Å²) in [6.45, 7) is 1.84. The fraction of sp³-hybridized carbons (Fsp3) is 0.450. The molecule has 33 heavy (non-hydrogen) atoms. The first-order valence-corrected chi connectivity index (χ1v) is 12.3. The minimum Gasteiger partial charge on any atom is -0.390 e. The molecule has 2 aromatic heterocycles. The Hall–Kier alpha value is -2.11. The summed E-state index contributed by atoms with van der Waals surface area (Å²) in [4.78, 5) is 12.4. The van der Waals surface area contributed by atoms with Gasteiger partial charge < -0.3 is 15.6 Å². The van der Waals surface area contributed by atoms with E-state index in [0.717, 1.165) is 5.56 Å². The number of imidazole rings is 1. The van der Waals surface area contributed by atoms with Crippen LogP contribution >= 0.6 is 19.4 Å². The van der Waals surface area contributed by atoms with E-state index >= 15 is 0 Å². The lowest BCUT2D eigenvalue weighted by molar-refractivity contribution is -0.0538. The number of phosphoric ester groups is 1. The predicted molar refractivity (Wildman–Crippen MR) is 118 cm³/mol. The van der Waals surface area contributed by atoms with Crippen molar-refractivity contribution in [1.82, 2.24) is 19.5 Å². The lowest BCUT2D eigenvalue weighted by Gasteiger charge is -2.30. The predicted octanol–water partition coefficient (Wildman–Crippen LogP) is 3.26. The number of nitrogens with zero attached hydrogens (tertiary/aromatic N) is 4. The van der Waals surface area contributed by atoms with Crippen LogP contribution in [0, 0.1) is 5.92 Å². The second kappa shape index (κ2) is 8.92. The molecule has 1 aromatic carbocycles. The number of aliphatic hydroxyl groups is 1. The maximum atomic E-state index is 13.1. The van der Waals surface area contributed by atoms with Gasteiger partial charge in [-0.2, -0.15) is 0 Å². The topological polar surface area (TPSA) is 144 Å². The molecule has 0 spiro atoms. The second-order valence-corrected chi connectivity index (χ2v) is 10.1. The summed E-state index contributed by atoms with van der Waals surface area (Å²) < 4.78 is 37.4. The molecule has 2 unspecified atom stereocenters. The molecule has 2 saturated heterocycles. The number of rotatable bonds is 5. The van der Waals surface area contributed by atoms with Crippen LogP contribution in [0.5, 0.6) is 0 Å². The van der Waals surface area contributed by atoms with E-state index in [4.69, 9.17) is 35.6 Å². The third-order valence-electron chi connectivity index (χ3n) is 5.85. The van der Waals surface area contributed by atoms with E-state index in [2.05, 4.69) is 15.0 Å². The van der Waals surface area contributed by atoms with Crippen LogP contribution < -0.4 is 5.73 Å². The molecule has 6 atom stereocenters. The van der Waals surface area contributed by atoms with Crippen LogP contribution in [0.25, 0.3) is 11.2 Å². The smallest absolute Gasteiger partial charge is 0.390 e. The van der Waals surface area contributed by atoms with Crippen molar-refractivity contribution in [2.45, 2.75) is 37.9 Å². The molecule has 2 fully saturated rings. The second-order valence-electron chi connectivity index (χ2n) is 8.01. The Labute approximate surface area is 194 Å². The zero-order valence-electron chi connectivity index (χ0n) is 17.7. The normalized spacial score (nSPS) is 32.4. The van der Waals surface area contributed by atoms with Crippen molar-refractivity contribution in [3.63, 3.8) is 0 Å². The molecule has 0 aliphatic carbocycles. The van der Waals surface area contributed by atoms with E-state index in [1.165, 1.54) is 12.7 Å². The number of halogens is 1. The molecule has 3 N–H and O–H groups in total. The maximum absolute atomic E-state index is 13.1. The number of nitrogen functional groups attached to an aromatic ring is 1. The number of aromatic nitrogens is 4. The van der Waals surface area contributed by atoms with Gasteiger partial charge in [0.1, 0.15) is 24.2 Å². The molecule has 3 aromatic rings. The van der Waals surface area contributed by atoms with Crippen molar-refractivity contribution in [2.24, 2.45) is 5.92 Å². The summed E-state index contributed by atoms with van der Waals surface area (Å²) in [5, 5.41) is 11.3. The molecule has 176 valence electrons. The lowest BCUT2D eigenvalue weighted by Crippen LogP contribution is -2.29. The van der Waals surface area contributed by atoms with Gasteiger partial charge in [-0.1, -0.05) is 30.7 Å². The van der Waals surface area contributed by atoms with Crippen molar-refractivity contribution in [3.05, 3.63) is 47.5 Å². The average molecular weight is 496 g/mol. The lowest BCUT2D eigenvalue weighted by atomic mass is 10.0. The Bertz CT molecular complexity index is 1210. The summed E-state index contributed by atoms with van der Waals surface area (Å²) in [6.07, 6.45) is 0.657. The molecular formula is C20H23ClN5O6P. The highest BCUT2D eigenvalue weighted by atomic mass is 35.5. The van der Waals surface area contributed by atoms with E-state index in [1.54, 1.807) is 22.8 Å². The Morgan fingerprint density at radius 2 is 2.21 bits per heavy atom. The standard InChI is InChI=1S/C20H23ClN5O6P/c1-11-17(27)15(31-20(11)26-10-25-16-18(22)23-9-24-19(16)26)8-30-33(28)29-6-5-14(32-33)12-3-2-4-13(21)7-12/h2-4,7,9-11,14-15,17,20,27H,5-6,8H2,1H3,(H2,22,23,24)/t11-,14?,15+,17-,20+,33?/m0/s1. The minimum absolute atomic E-state index is 0.189. The number of hydrogen-bond acceptors (Lipinski definition) is 10. The van der Waals surface area contributed by atoms with Crippen LogP contribution in [-0.2, 0) is 22.9 Å². The summed E-state index contributed by atoms with van der Waals surface area (Å²) in [7, 11) is -3.86. The Balaban J connectivity index is 1.27. The molecule has 5 rings (SSSR count). The molecule has 0 bridgehead atoms. The van der Waals surface area contributed by atoms with E-state index in [1.807, 2.05) is 13.0 Å². The summed E-state index contributed by atoms with van der Waals surface area (Å²) in [5.41, 5.74) is 7.58. The first-order chi connectivity index (χ1) is 15.8. The first kappa shape index (κ1) is 22.7. The van der Waals surface area contributed by atoms with Crippen molar-refractivity contribution in [3.8, 4) is 0 Å². The average Bonchev–Trinajstić information content (AvgIpc) is 3.35. The van der Waals surface area contributed by atoms with Crippen molar-refractivity contribution in [1.29, 1.82) is 0 Å². The van der Waals surface area contributed by atoms with Gasteiger partial charge in [-0.25, -0.2) is 19.5 Å². The number of fused-ring (bicyclic) bond motifs is 1. The fourth-order valence-corrected chi connectivity index (χ4v) is 5.67. The highest BCUT2D eigenvalue weighted by Crippen LogP contribution is 2.57.